The van der Waals surface area contributed by atoms with Crippen LogP contribution >= 0.6 is 0 Å². The number of hydrogen-bond donors (Lipinski definition) is 1. The van der Waals surface area contributed by atoms with E-state index in [4.69, 9.17) is 9.72 Å². The van der Waals surface area contributed by atoms with Gasteiger partial charge in [-0.1, -0.05) is 12.1 Å². The van der Waals surface area contributed by atoms with Crippen LogP contribution in [0.1, 0.15) is 18.8 Å². The van der Waals surface area contributed by atoms with Crippen molar-refractivity contribution in [3.8, 4) is 0 Å². The zero-order chi connectivity index (χ0) is 14.8. The van der Waals surface area contributed by atoms with Gasteiger partial charge in [0.15, 0.2) is 0 Å². The number of benzene rings is 1. The summed E-state index contributed by atoms with van der Waals surface area (Å²) in [5.74, 6) is 1.10. The lowest BCUT2D eigenvalue weighted by Gasteiger charge is -2.31. The second-order valence-electron chi connectivity index (χ2n) is 5.83. The van der Waals surface area contributed by atoms with Crippen LogP contribution in [0.2, 0.25) is 0 Å². The van der Waals surface area contributed by atoms with Gasteiger partial charge >= 0.3 is 0 Å². The summed E-state index contributed by atoms with van der Waals surface area (Å²) in [4.78, 5) is 7.11. The van der Waals surface area contributed by atoms with E-state index < -0.39 is 0 Å². The number of likely N-dealkylation sites (N-methyl/N-ethyl adjacent to an activating group) is 1. The van der Waals surface area contributed by atoms with Gasteiger partial charge in [-0.25, -0.2) is 4.98 Å². The Balaban J connectivity index is 1.76. The molecule has 0 amide bonds. The third kappa shape index (κ3) is 2.95. The van der Waals surface area contributed by atoms with Gasteiger partial charge in [-0.15, -0.1) is 0 Å². The summed E-state index contributed by atoms with van der Waals surface area (Å²) >= 11 is 0. The van der Waals surface area contributed by atoms with Gasteiger partial charge in [-0.2, -0.15) is 0 Å². The lowest BCUT2D eigenvalue weighted by atomic mass is 10.2. The maximum atomic E-state index is 5.79. The molecular weight excluding hydrogens is 264 g/mol. The number of nitrogens with one attached hydrogen (secondary N) is 1. The molecule has 21 heavy (non-hydrogen) atoms. The normalized spacial score (nSPS) is 21.0. The number of hydrogen-bond acceptors (Lipinski definition) is 4. The highest BCUT2D eigenvalue weighted by Gasteiger charge is 2.22. The first-order valence-corrected chi connectivity index (χ1v) is 7.60. The average molecular weight is 288 g/mol. The van der Waals surface area contributed by atoms with Crippen LogP contribution in [0, 0.1) is 0 Å². The van der Waals surface area contributed by atoms with Gasteiger partial charge in [0.05, 0.1) is 29.8 Å². The van der Waals surface area contributed by atoms with Crippen molar-refractivity contribution < 1.29 is 4.74 Å². The zero-order valence-corrected chi connectivity index (χ0v) is 13.0. The number of aromatic nitrogens is 2. The SMILES string of the molecule is CC(c1nc2ccccc2n1C)N(C)CC1CNCCO1. The van der Waals surface area contributed by atoms with E-state index in [9.17, 15) is 0 Å². The number of imidazole rings is 1. The van der Waals surface area contributed by atoms with Crippen molar-refractivity contribution in [2.24, 2.45) is 7.05 Å². The number of ether oxygens (including phenoxy) is 1. The molecule has 1 aromatic heterocycles. The maximum Gasteiger partial charge on any atom is 0.126 e. The molecule has 0 radical (unpaired) electrons. The lowest BCUT2D eigenvalue weighted by molar-refractivity contribution is 0.00319. The summed E-state index contributed by atoms with van der Waals surface area (Å²) in [5, 5.41) is 3.38. The molecule has 0 bridgehead atoms. The molecule has 5 nitrogen and oxygen atoms in total. The summed E-state index contributed by atoms with van der Waals surface area (Å²) in [6.07, 6.45) is 0.265. The quantitative estimate of drug-likeness (QED) is 0.927. The molecule has 0 spiro atoms. The van der Waals surface area contributed by atoms with Crippen molar-refractivity contribution in [1.29, 1.82) is 0 Å². The molecule has 1 fully saturated rings. The second kappa shape index (κ2) is 6.13. The van der Waals surface area contributed by atoms with Crippen LogP contribution in [-0.4, -0.2) is 53.8 Å². The molecule has 1 aliphatic heterocycles. The molecule has 2 unspecified atom stereocenters. The molecule has 2 aromatic rings. The molecule has 5 heteroatoms. The molecular formula is C16H24N4O. The van der Waals surface area contributed by atoms with Crippen LogP contribution < -0.4 is 5.32 Å². The molecule has 1 saturated heterocycles. The third-order valence-electron chi connectivity index (χ3n) is 4.35. The second-order valence-corrected chi connectivity index (χ2v) is 5.83. The van der Waals surface area contributed by atoms with Gasteiger partial charge in [-0.05, 0) is 26.1 Å². The Morgan fingerprint density at radius 1 is 1.48 bits per heavy atom. The topological polar surface area (TPSA) is 42.3 Å². The van der Waals surface area contributed by atoms with E-state index in [-0.39, 0.29) is 12.1 Å². The fraction of sp³-hybridized carbons (Fsp3) is 0.562. The van der Waals surface area contributed by atoms with E-state index in [0.29, 0.717) is 0 Å². The summed E-state index contributed by atoms with van der Waals surface area (Å²) in [6, 6.07) is 8.54. The first-order chi connectivity index (χ1) is 10.2. The fourth-order valence-corrected chi connectivity index (χ4v) is 2.95. The van der Waals surface area contributed by atoms with E-state index in [1.165, 1.54) is 5.52 Å². The molecule has 114 valence electrons. The summed E-state index contributed by atoms with van der Waals surface area (Å²) in [6.45, 7) is 5.81. The van der Waals surface area contributed by atoms with Gasteiger partial charge in [0.25, 0.3) is 0 Å². The highest BCUT2D eigenvalue weighted by molar-refractivity contribution is 5.75. The van der Waals surface area contributed by atoms with Gasteiger partial charge in [0.2, 0.25) is 0 Å². The number of nitrogens with zero attached hydrogens (tertiary/aromatic N) is 3. The number of rotatable bonds is 4. The minimum Gasteiger partial charge on any atom is -0.374 e. The number of para-hydroxylation sites is 2. The van der Waals surface area contributed by atoms with Crippen LogP contribution in [-0.2, 0) is 11.8 Å². The van der Waals surface area contributed by atoms with Gasteiger partial charge in [0, 0.05) is 26.7 Å². The van der Waals surface area contributed by atoms with E-state index in [0.717, 1.165) is 37.6 Å². The molecule has 3 rings (SSSR count). The Kier molecular flexibility index (Phi) is 4.24. The Morgan fingerprint density at radius 3 is 3.00 bits per heavy atom. The van der Waals surface area contributed by atoms with E-state index >= 15 is 0 Å². The van der Waals surface area contributed by atoms with Crippen molar-refractivity contribution in [2.75, 3.05) is 33.3 Å². The van der Waals surface area contributed by atoms with E-state index in [1.54, 1.807) is 0 Å². The Morgan fingerprint density at radius 2 is 2.29 bits per heavy atom. The highest BCUT2D eigenvalue weighted by Crippen LogP contribution is 2.23. The van der Waals surface area contributed by atoms with Gasteiger partial charge in [-0.3, -0.25) is 4.90 Å². The van der Waals surface area contributed by atoms with E-state index in [1.807, 2.05) is 6.07 Å². The minimum atomic E-state index is 0.257. The number of fused-ring (bicyclic) bond motifs is 1. The van der Waals surface area contributed by atoms with Gasteiger partial charge < -0.3 is 14.6 Å². The monoisotopic (exact) mass is 288 g/mol. The van der Waals surface area contributed by atoms with Crippen LogP contribution in [0.4, 0.5) is 0 Å². The van der Waals surface area contributed by atoms with Crippen LogP contribution in [0.15, 0.2) is 24.3 Å². The molecule has 2 heterocycles. The van der Waals surface area contributed by atoms with Gasteiger partial charge in [0.1, 0.15) is 5.82 Å². The predicted octanol–water partition coefficient (Wildman–Crippen LogP) is 1.55. The Labute approximate surface area is 125 Å². The standard InChI is InChI=1S/C16H24N4O/c1-12(19(2)11-13-10-17-8-9-21-13)16-18-14-6-4-5-7-15(14)20(16)3/h4-7,12-13,17H,8-11H2,1-3H3. The number of aryl methyl sites for hydroxylation is 1. The largest absolute Gasteiger partial charge is 0.374 e. The smallest absolute Gasteiger partial charge is 0.126 e. The lowest BCUT2D eigenvalue weighted by Crippen LogP contribution is -2.45. The van der Waals surface area contributed by atoms with Crippen molar-refractivity contribution in [1.82, 2.24) is 19.8 Å². The molecule has 1 aliphatic rings. The van der Waals surface area contributed by atoms with Crippen LogP contribution in [0.5, 0.6) is 0 Å². The zero-order valence-electron chi connectivity index (χ0n) is 13.0. The summed E-state index contributed by atoms with van der Waals surface area (Å²) in [7, 11) is 4.23. The minimum absolute atomic E-state index is 0.257. The molecule has 1 aromatic carbocycles. The summed E-state index contributed by atoms with van der Waals surface area (Å²) in [5.41, 5.74) is 2.24. The molecule has 1 N–H and O–H groups in total. The van der Waals surface area contributed by atoms with Crippen LogP contribution in [0.25, 0.3) is 11.0 Å². The van der Waals surface area contributed by atoms with Crippen molar-refractivity contribution in [3.05, 3.63) is 30.1 Å². The molecule has 2 atom stereocenters. The van der Waals surface area contributed by atoms with Crippen molar-refractivity contribution in [2.45, 2.75) is 19.1 Å². The summed E-state index contributed by atoms with van der Waals surface area (Å²) < 4.78 is 7.98. The molecule has 0 aliphatic carbocycles. The van der Waals surface area contributed by atoms with E-state index in [2.05, 4.69) is 54.0 Å². The average Bonchev–Trinajstić information content (AvgIpc) is 2.85. The Bertz CT molecular complexity index is 603. The Hall–Kier alpha value is -1.43. The van der Waals surface area contributed by atoms with Crippen LogP contribution in [0.3, 0.4) is 0 Å². The highest BCUT2D eigenvalue weighted by atomic mass is 16.5. The predicted molar refractivity (Wildman–Crippen MR) is 84.4 cm³/mol. The third-order valence-corrected chi connectivity index (χ3v) is 4.35. The fourth-order valence-electron chi connectivity index (χ4n) is 2.95. The van der Waals surface area contributed by atoms with Crippen molar-refractivity contribution >= 4 is 11.0 Å². The first-order valence-electron chi connectivity index (χ1n) is 7.60. The first kappa shape index (κ1) is 14.5. The van der Waals surface area contributed by atoms with Crippen molar-refractivity contribution in [3.63, 3.8) is 0 Å². The molecule has 0 saturated carbocycles. The maximum absolute atomic E-state index is 5.79. The number of morpholine rings is 1.